The van der Waals surface area contributed by atoms with Crippen molar-refractivity contribution in [2.75, 3.05) is 20.3 Å². The molecule has 0 aromatic rings. The molecule has 0 aliphatic rings. The molecule has 0 saturated heterocycles. The minimum atomic E-state index is 0.639. The molecule has 1 N–H and O–H groups in total. The van der Waals surface area contributed by atoms with Gasteiger partial charge in [-0.2, -0.15) is 0 Å². The first kappa shape index (κ1) is 13.9. The number of rotatable bonds is 9. The third kappa shape index (κ3) is 8.52. The molecule has 0 aliphatic heterocycles. The minimum Gasteiger partial charge on any atom is -0.382 e. The van der Waals surface area contributed by atoms with E-state index in [1.165, 1.54) is 19.3 Å². The van der Waals surface area contributed by atoms with E-state index in [1.54, 1.807) is 0 Å². The second-order valence-corrected chi connectivity index (χ2v) is 4.30. The van der Waals surface area contributed by atoms with E-state index in [-0.39, 0.29) is 0 Å². The topological polar surface area (TPSA) is 21.3 Å². The van der Waals surface area contributed by atoms with Crippen molar-refractivity contribution in [2.24, 2.45) is 5.92 Å². The van der Waals surface area contributed by atoms with E-state index in [0.29, 0.717) is 6.04 Å². The summed E-state index contributed by atoms with van der Waals surface area (Å²) in [7, 11) is 2.05. The van der Waals surface area contributed by atoms with Crippen molar-refractivity contribution in [3.05, 3.63) is 0 Å². The van der Waals surface area contributed by atoms with Crippen LogP contribution in [0.3, 0.4) is 0 Å². The Morgan fingerprint density at radius 2 is 1.86 bits per heavy atom. The second-order valence-electron chi connectivity index (χ2n) is 4.30. The predicted octanol–water partition coefficient (Wildman–Crippen LogP) is 2.83. The van der Waals surface area contributed by atoms with Crippen LogP contribution in [0.2, 0.25) is 0 Å². The summed E-state index contributed by atoms with van der Waals surface area (Å²) < 4.78 is 5.35. The Hall–Kier alpha value is -0.0800. The minimum absolute atomic E-state index is 0.639. The van der Waals surface area contributed by atoms with Crippen molar-refractivity contribution in [3.8, 4) is 0 Å². The van der Waals surface area contributed by atoms with Gasteiger partial charge in [-0.25, -0.2) is 0 Å². The maximum Gasteiger partial charge on any atom is 0.0480 e. The summed E-state index contributed by atoms with van der Waals surface area (Å²) >= 11 is 0. The van der Waals surface area contributed by atoms with E-state index < -0.39 is 0 Å². The van der Waals surface area contributed by atoms with Gasteiger partial charge in [0.2, 0.25) is 0 Å². The molecule has 1 unspecified atom stereocenters. The van der Waals surface area contributed by atoms with Gasteiger partial charge in [-0.05, 0) is 32.7 Å². The largest absolute Gasteiger partial charge is 0.382 e. The van der Waals surface area contributed by atoms with Gasteiger partial charge < -0.3 is 10.1 Å². The molecule has 86 valence electrons. The average Bonchev–Trinajstić information content (AvgIpc) is 2.15. The van der Waals surface area contributed by atoms with Crippen LogP contribution in [0.15, 0.2) is 0 Å². The van der Waals surface area contributed by atoms with Gasteiger partial charge in [-0.15, -0.1) is 0 Å². The molecule has 0 aromatic heterocycles. The quantitative estimate of drug-likeness (QED) is 0.579. The first-order valence-corrected chi connectivity index (χ1v) is 5.95. The number of nitrogens with one attached hydrogen (secondary N) is 1. The van der Waals surface area contributed by atoms with Gasteiger partial charge in [-0.1, -0.05) is 26.7 Å². The van der Waals surface area contributed by atoms with Crippen LogP contribution >= 0.6 is 0 Å². The third-order valence-electron chi connectivity index (χ3n) is 2.56. The van der Waals surface area contributed by atoms with E-state index in [4.69, 9.17) is 4.74 Å². The van der Waals surface area contributed by atoms with E-state index in [2.05, 4.69) is 19.2 Å². The highest BCUT2D eigenvalue weighted by molar-refractivity contribution is 4.64. The summed E-state index contributed by atoms with van der Waals surface area (Å²) in [6.45, 7) is 8.35. The maximum absolute atomic E-state index is 5.35. The van der Waals surface area contributed by atoms with Crippen LogP contribution in [0.1, 0.15) is 46.5 Å². The van der Waals surface area contributed by atoms with Crippen molar-refractivity contribution in [2.45, 2.75) is 52.5 Å². The summed E-state index contributed by atoms with van der Waals surface area (Å²) in [5.41, 5.74) is 0. The third-order valence-corrected chi connectivity index (χ3v) is 2.56. The van der Waals surface area contributed by atoms with Crippen LogP contribution in [0.5, 0.6) is 0 Å². The van der Waals surface area contributed by atoms with Crippen molar-refractivity contribution in [1.82, 2.24) is 5.32 Å². The molecule has 2 nitrogen and oxygen atoms in total. The molecule has 0 fully saturated rings. The van der Waals surface area contributed by atoms with Crippen molar-refractivity contribution >= 4 is 0 Å². The van der Waals surface area contributed by atoms with Gasteiger partial charge in [0.25, 0.3) is 0 Å². The highest BCUT2D eigenvalue weighted by atomic mass is 16.5. The lowest BCUT2D eigenvalue weighted by atomic mass is 10.0. The molecule has 0 amide bonds. The van der Waals surface area contributed by atoms with Crippen molar-refractivity contribution in [3.63, 3.8) is 0 Å². The molecule has 0 aliphatic carbocycles. The molecule has 0 spiro atoms. The first-order chi connectivity index (χ1) is 6.70. The zero-order chi connectivity index (χ0) is 10.8. The first-order valence-electron chi connectivity index (χ1n) is 5.95. The molecular formula is C12H27NO. The molecule has 0 heterocycles. The van der Waals surface area contributed by atoms with Crippen LogP contribution in [-0.4, -0.2) is 26.3 Å². The zero-order valence-corrected chi connectivity index (χ0v) is 10.3. The molecule has 14 heavy (non-hydrogen) atoms. The molecule has 0 radical (unpaired) electrons. The normalized spacial score (nSPS) is 13.5. The molecule has 0 bridgehead atoms. The van der Waals surface area contributed by atoms with E-state index in [9.17, 15) is 0 Å². The standard InChI is InChI=1S/C12H27NO/c1-5-14-10-9-12(13-4)8-6-7-11(2)3/h11-13H,5-10H2,1-4H3. The lowest BCUT2D eigenvalue weighted by Crippen LogP contribution is -2.26. The lowest BCUT2D eigenvalue weighted by Gasteiger charge is -2.16. The Balaban J connectivity index is 3.38. The van der Waals surface area contributed by atoms with Gasteiger partial charge in [0.1, 0.15) is 0 Å². The SMILES string of the molecule is CCOCCC(CCCC(C)C)NC. The molecular weight excluding hydrogens is 174 g/mol. The van der Waals surface area contributed by atoms with Crippen LogP contribution in [0, 0.1) is 5.92 Å². The molecule has 0 saturated carbocycles. The Bertz CT molecular complexity index is 115. The van der Waals surface area contributed by atoms with Gasteiger partial charge in [0.15, 0.2) is 0 Å². The van der Waals surface area contributed by atoms with Crippen LogP contribution in [0.4, 0.5) is 0 Å². The highest BCUT2D eigenvalue weighted by Crippen LogP contribution is 2.10. The summed E-state index contributed by atoms with van der Waals surface area (Å²) in [6, 6.07) is 0.639. The van der Waals surface area contributed by atoms with Gasteiger partial charge >= 0.3 is 0 Å². The number of ether oxygens (including phenoxy) is 1. The second kappa shape index (κ2) is 9.47. The van der Waals surface area contributed by atoms with Crippen molar-refractivity contribution in [1.29, 1.82) is 0 Å². The molecule has 2 heteroatoms. The molecule has 0 rings (SSSR count). The van der Waals surface area contributed by atoms with Crippen LogP contribution in [0.25, 0.3) is 0 Å². The van der Waals surface area contributed by atoms with E-state index >= 15 is 0 Å². The smallest absolute Gasteiger partial charge is 0.0480 e. The maximum atomic E-state index is 5.35. The zero-order valence-electron chi connectivity index (χ0n) is 10.3. The Kier molecular flexibility index (Phi) is 9.42. The fraction of sp³-hybridized carbons (Fsp3) is 1.00. The summed E-state index contributed by atoms with van der Waals surface area (Å²) in [6.07, 6.45) is 5.09. The Labute approximate surface area is 89.4 Å². The summed E-state index contributed by atoms with van der Waals surface area (Å²) in [4.78, 5) is 0. The number of hydrogen-bond acceptors (Lipinski definition) is 2. The lowest BCUT2D eigenvalue weighted by molar-refractivity contribution is 0.135. The monoisotopic (exact) mass is 201 g/mol. The molecule has 0 aromatic carbocycles. The van der Waals surface area contributed by atoms with E-state index in [1.807, 2.05) is 14.0 Å². The predicted molar refractivity (Wildman–Crippen MR) is 62.6 cm³/mol. The van der Waals surface area contributed by atoms with Crippen LogP contribution in [-0.2, 0) is 4.74 Å². The molecule has 1 atom stereocenters. The Morgan fingerprint density at radius 3 is 2.36 bits per heavy atom. The fourth-order valence-electron chi connectivity index (χ4n) is 1.58. The van der Waals surface area contributed by atoms with Gasteiger partial charge in [0.05, 0.1) is 0 Å². The fourth-order valence-corrected chi connectivity index (χ4v) is 1.58. The van der Waals surface area contributed by atoms with Gasteiger partial charge in [-0.3, -0.25) is 0 Å². The Morgan fingerprint density at radius 1 is 1.14 bits per heavy atom. The van der Waals surface area contributed by atoms with E-state index in [0.717, 1.165) is 25.6 Å². The summed E-state index contributed by atoms with van der Waals surface area (Å²) in [5.74, 6) is 0.833. The van der Waals surface area contributed by atoms with Crippen molar-refractivity contribution < 1.29 is 4.74 Å². The highest BCUT2D eigenvalue weighted by Gasteiger charge is 2.05. The number of hydrogen-bond donors (Lipinski definition) is 1. The average molecular weight is 201 g/mol. The van der Waals surface area contributed by atoms with Crippen LogP contribution < -0.4 is 5.32 Å². The summed E-state index contributed by atoms with van der Waals surface area (Å²) in [5, 5.41) is 3.35. The van der Waals surface area contributed by atoms with Gasteiger partial charge in [0, 0.05) is 19.3 Å².